The molecule has 0 saturated carbocycles. The third-order valence-corrected chi connectivity index (χ3v) is 9.22. The van der Waals surface area contributed by atoms with Crippen molar-refractivity contribution in [3.05, 3.63) is 0 Å². The van der Waals surface area contributed by atoms with Gasteiger partial charge in [0.05, 0.1) is 13.1 Å². The Morgan fingerprint density at radius 3 is 1.23 bits per heavy atom. The van der Waals surface area contributed by atoms with Crippen LogP contribution in [-0.2, 0) is 44.2 Å². The van der Waals surface area contributed by atoms with Crippen LogP contribution >= 0.6 is 24.4 Å². The van der Waals surface area contributed by atoms with Gasteiger partial charge < -0.3 is 78.4 Å². The predicted octanol–water partition coefficient (Wildman–Crippen LogP) is 3.87. The molecule has 0 aliphatic heterocycles. The largest absolute Gasteiger partial charge is 0.411 e. The molecule has 184 valence electrons. The van der Waals surface area contributed by atoms with E-state index in [4.69, 9.17) is 68.6 Å². The van der Waals surface area contributed by atoms with Gasteiger partial charge in [0, 0.05) is 42.5 Å². The van der Waals surface area contributed by atoms with E-state index in [1.807, 2.05) is 0 Å². The van der Waals surface area contributed by atoms with E-state index in [1.165, 1.54) is 25.7 Å². The minimum absolute atomic E-state index is 0.149. The Kier molecular flexibility index (Phi) is 31.9. The molecule has 0 atom stereocenters. The summed E-state index contributed by atoms with van der Waals surface area (Å²) in [5.41, 5.74) is 0. The van der Waals surface area contributed by atoms with Crippen molar-refractivity contribution < 1.29 is 18.9 Å². The van der Waals surface area contributed by atoms with Crippen molar-refractivity contribution in [3.63, 3.8) is 0 Å². The van der Waals surface area contributed by atoms with Crippen LogP contribution in [0.4, 0.5) is 0 Å². The second kappa shape index (κ2) is 27.1. The zero-order chi connectivity index (χ0) is 24.7. The third-order valence-electron chi connectivity index (χ3n) is 3.93. The summed E-state index contributed by atoms with van der Waals surface area (Å²) in [5, 5.41) is 0. The van der Waals surface area contributed by atoms with Crippen molar-refractivity contribution in [1.82, 2.24) is 9.80 Å². The van der Waals surface area contributed by atoms with Crippen LogP contribution in [0.15, 0.2) is 0 Å². The van der Waals surface area contributed by atoms with Gasteiger partial charge in [0.15, 0.2) is 12.6 Å². The van der Waals surface area contributed by atoms with E-state index in [9.17, 15) is 0 Å². The molecular weight excluding hydrogens is 579 g/mol. The molecule has 0 aromatic rings. The normalized spacial score (nSPS) is 9.87. The fourth-order valence-corrected chi connectivity index (χ4v) is 6.27. The summed E-state index contributed by atoms with van der Waals surface area (Å²) < 4.78 is 23.9. The molecule has 0 aromatic carbocycles. The maximum atomic E-state index is 4.95. The fraction of sp³-hybridized carbons (Fsp3) is 0.900. The maximum absolute atomic E-state index is 4.95. The monoisotopic (exact) mass is 622 g/mol. The first-order valence-electron chi connectivity index (χ1n) is 10.3. The Labute approximate surface area is 223 Å². The molecule has 0 fully saturated rings. The minimum atomic E-state index is -0.263. The number of hydrogen-bond donors (Lipinski definition) is 0. The van der Waals surface area contributed by atoms with Crippen molar-refractivity contribution >= 4 is 79.5 Å². The molecule has 0 bridgehead atoms. The second-order valence-electron chi connectivity index (χ2n) is 6.55. The van der Waals surface area contributed by atoms with Gasteiger partial charge in [-0.1, -0.05) is 8.64 Å². The second-order valence-corrected chi connectivity index (χ2v) is 12.9. The molecule has 6 nitrogen and oxygen atoms in total. The summed E-state index contributed by atoms with van der Waals surface area (Å²) in [6.07, 6.45) is 5.31. The molecule has 0 amide bonds. The van der Waals surface area contributed by atoms with Gasteiger partial charge in [0.2, 0.25) is 0 Å². The molecule has 0 N–H and O–H groups in total. The fourth-order valence-electron chi connectivity index (χ4n) is 1.82. The van der Waals surface area contributed by atoms with Gasteiger partial charge in [-0.2, -0.15) is 0 Å². The van der Waals surface area contributed by atoms with Crippen molar-refractivity contribution in [1.29, 1.82) is 0 Å². The van der Waals surface area contributed by atoms with Crippen LogP contribution in [0, 0.1) is 0 Å². The number of likely N-dealkylation sites (N-methyl/N-ethyl adjacent to an activating group) is 2. The average Bonchev–Trinajstić information content (AvgIpc) is 2.76. The Morgan fingerprint density at radius 2 is 1.03 bits per heavy atom. The zero-order valence-corrected chi connectivity index (χ0v) is 26.6. The topological polar surface area (TPSA) is 43.4 Å². The zero-order valence-electron chi connectivity index (χ0n) is 20.5. The summed E-state index contributed by atoms with van der Waals surface area (Å²) in [5.74, 6) is 0. The van der Waals surface area contributed by atoms with Crippen molar-refractivity contribution in [2.24, 2.45) is 0 Å². The Balaban J connectivity index is -0.000000382. The summed E-state index contributed by atoms with van der Waals surface area (Å²) in [6, 6.07) is 0. The molecular formula is C20H42N2O4S4Sn. The van der Waals surface area contributed by atoms with Crippen LogP contribution < -0.4 is 0 Å². The number of ether oxygens (including phenoxy) is 4. The van der Waals surface area contributed by atoms with Crippen LogP contribution in [0.5, 0.6) is 0 Å². The van der Waals surface area contributed by atoms with Crippen LogP contribution in [0.25, 0.3) is 0 Å². The standard InChI is InChI=1S/2C6H13NO2S2.2C4H9.Sn/c2*1-7(6(10)11)4-5(8-2)9-3;2*1-3-4-2;/h2*5H,4H2,1-3H3,(H,10,11);2*1,3-4H2,2H3;/q;;;;+2/p-2. The minimum Gasteiger partial charge on any atom is -0.411 e. The van der Waals surface area contributed by atoms with Crippen molar-refractivity contribution in [2.75, 3.05) is 55.6 Å². The first kappa shape index (κ1) is 36.4. The SMILES string of the molecule is CCC[CH2][Sn+2][CH2]CCC.COC(CN(C)C(=S)[S-])OC.COC(CN(C)C(=S)[S-])OC. The van der Waals surface area contributed by atoms with Gasteiger partial charge in [-0.25, -0.2) is 0 Å². The summed E-state index contributed by atoms with van der Waals surface area (Å²) >= 11 is 19.2. The number of thiocarbonyl (C=S) groups is 2. The maximum Gasteiger partial charge on any atom is 0.174 e. The number of nitrogens with zero attached hydrogens (tertiary/aromatic N) is 2. The van der Waals surface area contributed by atoms with Gasteiger partial charge in [-0.15, -0.1) is 0 Å². The van der Waals surface area contributed by atoms with Gasteiger partial charge in [0.1, 0.15) is 0 Å². The van der Waals surface area contributed by atoms with Crippen LogP contribution in [0.1, 0.15) is 39.5 Å². The first-order chi connectivity index (χ1) is 14.6. The molecule has 0 aliphatic rings. The van der Waals surface area contributed by atoms with Crippen molar-refractivity contribution in [2.45, 2.75) is 61.0 Å². The molecule has 0 heterocycles. The van der Waals surface area contributed by atoms with Crippen LogP contribution in [0.2, 0.25) is 8.87 Å². The third kappa shape index (κ3) is 27.0. The van der Waals surface area contributed by atoms with Crippen LogP contribution in [-0.4, -0.2) is 108 Å². The Bertz CT molecular complexity index is 383. The molecule has 0 spiro atoms. The Morgan fingerprint density at radius 1 is 0.742 bits per heavy atom. The molecule has 31 heavy (non-hydrogen) atoms. The van der Waals surface area contributed by atoms with E-state index in [0.29, 0.717) is 21.7 Å². The van der Waals surface area contributed by atoms with Gasteiger partial charge in [0.25, 0.3) is 0 Å². The smallest absolute Gasteiger partial charge is 0.174 e. The number of unbranched alkanes of at least 4 members (excludes halogenated alkanes) is 2. The molecule has 11 heteroatoms. The van der Waals surface area contributed by atoms with E-state index in [0.717, 1.165) is 0 Å². The molecule has 0 aromatic heterocycles. The molecule has 0 radical (unpaired) electrons. The quantitative estimate of drug-likeness (QED) is 0.0940. The first-order valence-corrected chi connectivity index (χ1v) is 16.0. The van der Waals surface area contributed by atoms with Crippen molar-refractivity contribution in [3.8, 4) is 0 Å². The predicted molar refractivity (Wildman–Crippen MR) is 146 cm³/mol. The van der Waals surface area contributed by atoms with E-state index in [-0.39, 0.29) is 33.7 Å². The van der Waals surface area contributed by atoms with Gasteiger partial charge in [-0.05, 0) is 0 Å². The number of methoxy groups -OCH3 is 4. The number of hydrogen-bond acceptors (Lipinski definition) is 8. The average molecular weight is 622 g/mol. The molecule has 0 saturated heterocycles. The van der Waals surface area contributed by atoms with E-state index in [2.05, 4.69) is 13.8 Å². The van der Waals surface area contributed by atoms with Crippen LogP contribution in [0.3, 0.4) is 0 Å². The van der Waals surface area contributed by atoms with Gasteiger partial charge in [-0.3, -0.25) is 0 Å². The van der Waals surface area contributed by atoms with E-state index >= 15 is 0 Å². The summed E-state index contributed by atoms with van der Waals surface area (Å²) in [6.45, 7) is 5.71. The van der Waals surface area contributed by atoms with Gasteiger partial charge >= 0.3 is 69.5 Å². The molecule has 0 rings (SSSR count). The summed E-state index contributed by atoms with van der Waals surface area (Å²) in [4.78, 5) is 3.45. The van der Waals surface area contributed by atoms with E-state index < -0.39 is 0 Å². The Hall–Kier alpha value is 0.859. The molecule has 0 unspecified atom stereocenters. The van der Waals surface area contributed by atoms with E-state index in [1.54, 1.807) is 61.2 Å². The number of rotatable bonds is 14. The summed E-state index contributed by atoms with van der Waals surface area (Å²) in [7, 11) is 9.92. The molecule has 0 aliphatic carbocycles.